The van der Waals surface area contributed by atoms with Crippen LogP contribution in [-0.2, 0) is 6.42 Å². The van der Waals surface area contributed by atoms with Crippen LogP contribution in [0.5, 0.6) is 11.5 Å². The van der Waals surface area contributed by atoms with E-state index in [1.807, 2.05) is 42.5 Å². The molecule has 0 unspecified atom stereocenters. The molecule has 2 aromatic heterocycles. The van der Waals surface area contributed by atoms with E-state index in [4.69, 9.17) is 42.6 Å². The second-order valence-corrected chi connectivity index (χ2v) is 12.1. The number of hydrogen-bond acceptors (Lipinski definition) is 8. The molecule has 1 saturated heterocycles. The fraction of sp³-hybridized carbons (Fsp3) is 0.367. The van der Waals surface area contributed by atoms with Crippen molar-refractivity contribution in [3.05, 3.63) is 63.7 Å². The maximum absolute atomic E-state index is 6.55. The van der Waals surface area contributed by atoms with E-state index in [-0.39, 0.29) is 0 Å². The van der Waals surface area contributed by atoms with E-state index in [0.29, 0.717) is 34.1 Å². The van der Waals surface area contributed by atoms with Crippen molar-refractivity contribution in [2.75, 3.05) is 38.7 Å². The Hall–Kier alpha value is -2.91. The van der Waals surface area contributed by atoms with Gasteiger partial charge < -0.3 is 14.8 Å². The molecule has 2 aromatic carbocycles. The molecule has 0 bridgehead atoms. The van der Waals surface area contributed by atoms with Crippen LogP contribution < -0.4 is 14.8 Å². The van der Waals surface area contributed by atoms with Crippen molar-refractivity contribution >= 4 is 46.2 Å². The van der Waals surface area contributed by atoms with Gasteiger partial charge in [-0.25, -0.2) is 15.0 Å². The lowest BCUT2D eigenvalue weighted by atomic mass is 10.1. The van der Waals surface area contributed by atoms with E-state index < -0.39 is 0 Å². The van der Waals surface area contributed by atoms with Crippen LogP contribution in [0.25, 0.3) is 21.8 Å². The molecule has 6 rings (SSSR count). The van der Waals surface area contributed by atoms with E-state index in [9.17, 15) is 0 Å². The number of aromatic nitrogens is 3. The first-order chi connectivity index (χ1) is 19.6. The number of thiazole rings is 1. The minimum atomic E-state index is 0.480. The average molecular weight is 597 g/mol. The highest BCUT2D eigenvalue weighted by molar-refractivity contribution is 7.15. The first-order valence-corrected chi connectivity index (χ1v) is 15.2. The van der Waals surface area contributed by atoms with Crippen LogP contribution in [0.2, 0.25) is 10.0 Å². The number of methoxy groups -OCH3 is 1. The zero-order chi connectivity index (χ0) is 27.5. The predicted octanol–water partition coefficient (Wildman–Crippen LogP) is 7.75. The third kappa shape index (κ3) is 6.52. The zero-order valence-electron chi connectivity index (χ0n) is 22.3. The standard InChI is InChI=1S/C30H31Cl2N5O2S/c1-38-26-17-20(6-8-22(26)31)28-29(40-27(36-28)16-19-4-5-19)24-10-11-33-30(35-24)34-21-7-9-25(23(32)18-21)39-15-14-37-12-2-3-13-37/h6-11,17-19H,2-5,12-16H2,1H3,(H,33,34,35). The van der Waals surface area contributed by atoms with Crippen molar-refractivity contribution in [2.24, 2.45) is 5.92 Å². The van der Waals surface area contributed by atoms with Crippen molar-refractivity contribution in [2.45, 2.75) is 32.1 Å². The van der Waals surface area contributed by atoms with Gasteiger partial charge in [0.15, 0.2) is 0 Å². The van der Waals surface area contributed by atoms with Crippen molar-refractivity contribution in [1.82, 2.24) is 19.9 Å². The van der Waals surface area contributed by atoms with Crippen LogP contribution in [0.3, 0.4) is 0 Å². The van der Waals surface area contributed by atoms with Crippen LogP contribution >= 0.6 is 34.5 Å². The molecule has 0 amide bonds. The molecule has 1 N–H and O–H groups in total. The van der Waals surface area contributed by atoms with Gasteiger partial charge in [-0.05, 0) is 81.1 Å². The Balaban J connectivity index is 1.21. The number of benzene rings is 2. The van der Waals surface area contributed by atoms with Crippen molar-refractivity contribution in [3.8, 4) is 33.3 Å². The van der Waals surface area contributed by atoms with Crippen LogP contribution in [0.4, 0.5) is 11.6 Å². The lowest BCUT2D eigenvalue weighted by Gasteiger charge is -2.16. The van der Waals surface area contributed by atoms with Gasteiger partial charge in [0.05, 0.1) is 38.4 Å². The van der Waals surface area contributed by atoms with E-state index in [1.54, 1.807) is 24.6 Å². The SMILES string of the molecule is COc1cc(-c2nc(CC3CC3)sc2-c2ccnc(Nc3ccc(OCCN4CCCC4)c(Cl)c3)n2)ccc1Cl. The number of ether oxygens (including phenoxy) is 2. The van der Waals surface area contributed by atoms with Gasteiger partial charge in [-0.15, -0.1) is 11.3 Å². The van der Waals surface area contributed by atoms with E-state index in [2.05, 4.69) is 15.2 Å². The molecule has 2 fully saturated rings. The topological polar surface area (TPSA) is 72.4 Å². The van der Waals surface area contributed by atoms with E-state index >= 15 is 0 Å². The number of nitrogens with one attached hydrogen (secondary N) is 1. The lowest BCUT2D eigenvalue weighted by Crippen LogP contribution is -2.25. The molecule has 0 radical (unpaired) electrons. The van der Waals surface area contributed by atoms with Gasteiger partial charge in [-0.3, -0.25) is 4.90 Å². The minimum absolute atomic E-state index is 0.480. The van der Waals surface area contributed by atoms with Crippen molar-refractivity contribution < 1.29 is 9.47 Å². The molecule has 7 nitrogen and oxygen atoms in total. The highest BCUT2D eigenvalue weighted by atomic mass is 35.5. The van der Waals surface area contributed by atoms with Gasteiger partial charge in [0.25, 0.3) is 0 Å². The van der Waals surface area contributed by atoms with Crippen LogP contribution in [0, 0.1) is 5.92 Å². The Kier molecular flexibility index (Phi) is 8.39. The summed E-state index contributed by atoms with van der Waals surface area (Å²) in [6.07, 6.45) is 7.83. The number of anilines is 2. The molecule has 0 atom stereocenters. The van der Waals surface area contributed by atoms with E-state index in [1.165, 1.54) is 25.7 Å². The Labute approximate surface area is 248 Å². The summed E-state index contributed by atoms with van der Waals surface area (Å²) in [6.45, 7) is 3.84. The summed E-state index contributed by atoms with van der Waals surface area (Å²) in [5, 5.41) is 5.52. The van der Waals surface area contributed by atoms with Crippen LogP contribution in [-0.4, -0.2) is 53.2 Å². The molecular weight excluding hydrogens is 565 g/mol. The summed E-state index contributed by atoms with van der Waals surface area (Å²) in [5.74, 6) is 2.50. The van der Waals surface area contributed by atoms with Gasteiger partial charge in [-0.1, -0.05) is 29.3 Å². The molecule has 3 heterocycles. The first-order valence-electron chi connectivity index (χ1n) is 13.6. The summed E-state index contributed by atoms with van der Waals surface area (Å²) in [7, 11) is 1.62. The summed E-state index contributed by atoms with van der Waals surface area (Å²) < 4.78 is 11.4. The predicted molar refractivity (Wildman–Crippen MR) is 162 cm³/mol. The van der Waals surface area contributed by atoms with Crippen LogP contribution in [0.15, 0.2) is 48.7 Å². The number of hydrogen-bond donors (Lipinski definition) is 1. The second-order valence-electron chi connectivity index (χ2n) is 10.2. The molecule has 1 aliphatic carbocycles. The second kappa shape index (κ2) is 12.3. The molecule has 1 saturated carbocycles. The largest absolute Gasteiger partial charge is 0.495 e. The minimum Gasteiger partial charge on any atom is -0.495 e. The smallest absolute Gasteiger partial charge is 0.227 e. The number of nitrogens with zero attached hydrogens (tertiary/aromatic N) is 4. The molecule has 10 heteroatoms. The lowest BCUT2D eigenvalue weighted by molar-refractivity contribution is 0.238. The molecule has 0 spiro atoms. The average Bonchev–Trinajstić information content (AvgIpc) is 3.43. The molecule has 2 aliphatic rings. The van der Waals surface area contributed by atoms with E-state index in [0.717, 1.165) is 64.5 Å². The van der Waals surface area contributed by atoms with Gasteiger partial charge in [0, 0.05) is 30.4 Å². The number of rotatable bonds is 11. The number of likely N-dealkylation sites (tertiary alicyclic amines) is 1. The maximum Gasteiger partial charge on any atom is 0.227 e. The zero-order valence-corrected chi connectivity index (χ0v) is 24.7. The van der Waals surface area contributed by atoms with Crippen molar-refractivity contribution in [1.29, 1.82) is 0 Å². The summed E-state index contributed by atoms with van der Waals surface area (Å²) >= 11 is 14.5. The Bertz CT molecular complexity index is 1490. The van der Waals surface area contributed by atoms with Gasteiger partial charge >= 0.3 is 0 Å². The number of halogens is 2. The third-order valence-corrected chi connectivity index (χ3v) is 8.90. The highest BCUT2D eigenvalue weighted by Gasteiger charge is 2.25. The molecule has 1 aliphatic heterocycles. The summed E-state index contributed by atoms with van der Waals surface area (Å²) in [4.78, 5) is 17.7. The normalized spacial score (nSPS) is 15.4. The molecular formula is C30H31Cl2N5O2S. The quantitative estimate of drug-likeness (QED) is 0.190. The van der Waals surface area contributed by atoms with Gasteiger partial charge in [0.1, 0.15) is 18.1 Å². The highest BCUT2D eigenvalue weighted by Crippen LogP contribution is 2.42. The fourth-order valence-electron chi connectivity index (χ4n) is 4.86. The summed E-state index contributed by atoms with van der Waals surface area (Å²) in [6, 6.07) is 13.3. The van der Waals surface area contributed by atoms with Gasteiger partial charge in [0.2, 0.25) is 5.95 Å². The maximum atomic E-state index is 6.55. The van der Waals surface area contributed by atoms with Crippen LogP contribution in [0.1, 0.15) is 30.7 Å². The van der Waals surface area contributed by atoms with Gasteiger partial charge in [-0.2, -0.15) is 0 Å². The Morgan fingerprint density at radius 2 is 1.85 bits per heavy atom. The summed E-state index contributed by atoms with van der Waals surface area (Å²) in [5.41, 5.74) is 3.40. The Morgan fingerprint density at radius 1 is 1.00 bits per heavy atom. The van der Waals surface area contributed by atoms with Crippen molar-refractivity contribution in [3.63, 3.8) is 0 Å². The third-order valence-electron chi connectivity index (χ3n) is 7.20. The monoisotopic (exact) mass is 595 g/mol. The molecule has 4 aromatic rings. The first kappa shape index (κ1) is 27.3. The molecule has 40 heavy (non-hydrogen) atoms. The molecule has 208 valence electrons. The Morgan fingerprint density at radius 3 is 2.62 bits per heavy atom. The fourth-order valence-corrected chi connectivity index (χ4v) is 6.46.